The summed E-state index contributed by atoms with van der Waals surface area (Å²) in [5, 5.41) is 1.50. The molecule has 1 aliphatic rings. The molecule has 0 fully saturated rings. The van der Waals surface area contributed by atoms with E-state index in [9.17, 15) is 0 Å². The van der Waals surface area contributed by atoms with Crippen molar-refractivity contribution >= 4 is 28.9 Å². The van der Waals surface area contributed by atoms with Crippen molar-refractivity contribution in [2.75, 3.05) is 20.3 Å². The molecular weight excluding hydrogens is 581 g/mol. The van der Waals surface area contributed by atoms with E-state index in [4.69, 9.17) is 32.7 Å². The van der Waals surface area contributed by atoms with Gasteiger partial charge in [0.2, 0.25) is 0 Å². The summed E-state index contributed by atoms with van der Waals surface area (Å²) in [4.78, 5) is 0. The Morgan fingerprint density at radius 2 is 1.53 bits per heavy atom. The molecule has 212 valence electrons. The quantitative estimate of drug-likeness (QED) is 0.145. The third-order valence-corrected chi connectivity index (χ3v) is 8.00. The van der Waals surface area contributed by atoms with Gasteiger partial charge in [0, 0.05) is 34.6 Å². The molecule has 1 heterocycles. The molecule has 0 aliphatic carbocycles. The Kier molecular flexibility index (Phi) is 15.8. The molecule has 0 atom stereocenters. The summed E-state index contributed by atoms with van der Waals surface area (Å²) in [6.07, 6.45) is 15.8. The van der Waals surface area contributed by atoms with Crippen molar-refractivity contribution in [3.63, 3.8) is 0 Å². The van der Waals surface area contributed by atoms with Crippen LogP contribution in [-0.4, -0.2) is 30.5 Å². The molecule has 38 heavy (non-hydrogen) atoms. The Labute approximate surface area is 251 Å². The molecule has 0 radical (unpaired) electrons. The van der Waals surface area contributed by atoms with Crippen LogP contribution < -0.4 is 26.5 Å². The van der Waals surface area contributed by atoms with Gasteiger partial charge in [-0.15, -0.1) is 0 Å². The SMILES string of the molecule is CCCCCCCCOc1c(OC)ccc2c1CC[N+](Cc1cc(Cl)ccc1Cl)=C2CCCCCCC.[Br-]. The second kappa shape index (κ2) is 18.2. The lowest BCUT2D eigenvalue weighted by Gasteiger charge is -2.23. The summed E-state index contributed by atoms with van der Waals surface area (Å²) in [6, 6.07) is 10.1. The van der Waals surface area contributed by atoms with Gasteiger partial charge in [-0.1, -0.05) is 94.8 Å². The minimum absolute atomic E-state index is 0. The van der Waals surface area contributed by atoms with E-state index in [0.717, 1.165) is 66.1 Å². The molecule has 0 saturated carbocycles. The van der Waals surface area contributed by atoms with Crippen molar-refractivity contribution in [3.05, 3.63) is 57.1 Å². The van der Waals surface area contributed by atoms with Gasteiger partial charge in [-0.2, -0.15) is 0 Å². The number of nitrogens with zero attached hydrogens (tertiary/aromatic N) is 1. The first-order valence-electron chi connectivity index (χ1n) is 14.5. The Morgan fingerprint density at radius 3 is 2.24 bits per heavy atom. The van der Waals surface area contributed by atoms with Gasteiger partial charge >= 0.3 is 0 Å². The van der Waals surface area contributed by atoms with Gasteiger partial charge in [-0.3, -0.25) is 0 Å². The van der Waals surface area contributed by atoms with E-state index in [-0.39, 0.29) is 17.0 Å². The van der Waals surface area contributed by atoms with Crippen LogP contribution in [0.2, 0.25) is 10.0 Å². The first kappa shape index (κ1) is 33.0. The number of rotatable bonds is 17. The van der Waals surface area contributed by atoms with E-state index in [2.05, 4.69) is 30.6 Å². The molecular formula is C32H46BrCl2NO2. The van der Waals surface area contributed by atoms with Crippen LogP contribution in [0.1, 0.15) is 108 Å². The smallest absolute Gasteiger partial charge is 0.184 e. The second-order valence-corrected chi connectivity index (χ2v) is 11.1. The number of unbranched alkanes of at least 4 members (excludes halogenated alkanes) is 9. The maximum Gasteiger partial charge on any atom is 0.184 e. The third-order valence-electron chi connectivity index (χ3n) is 7.40. The molecule has 2 aromatic rings. The molecule has 0 bridgehead atoms. The van der Waals surface area contributed by atoms with Crippen molar-refractivity contribution in [1.29, 1.82) is 0 Å². The highest BCUT2D eigenvalue weighted by atomic mass is 79.9. The molecule has 3 rings (SSSR count). The zero-order valence-electron chi connectivity index (χ0n) is 23.6. The van der Waals surface area contributed by atoms with Crippen LogP contribution in [0.3, 0.4) is 0 Å². The van der Waals surface area contributed by atoms with Gasteiger partial charge in [0.1, 0.15) is 6.54 Å². The van der Waals surface area contributed by atoms with Crippen molar-refractivity contribution in [2.24, 2.45) is 0 Å². The monoisotopic (exact) mass is 625 g/mol. The Bertz CT molecular complexity index is 1020. The summed E-state index contributed by atoms with van der Waals surface area (Å²) in [7, 11) is 1.74. The average molecular weight is 628 g/mol. The maximum atomic E-state index is 6.57. The van der Waals surface area contributed by atoms with E-state index in [0.29, 0.717) is 0 Å². The summed E-state index contributed by atoms with van der Waals surface area (Å²) in [5.41, 5.74) is 5.07. The van der Waals surface area contributed by atoms with Crippen LogP contribution in [0.4, 0.5) is 0 Å². The van der Waals surface area contributed by atoms with Gasteiger partial charge in [-0.25, -0.2) is 4.58 Å². The van der Waals surface area contributed by atoms with E-state index < -0.39 is 0 Å². The van der Waals surface area contributed by atoms with E-state index in [1.165, 1.54) is 81.0 Å². The predicted octanol–water partition coefficient (Wildman–Crippen LogP) is 6.66. The minimum Gasteiger partial charge on any atom is -1.00 e. The molecule has 0 unspecified atom stereocenters. The average Bonchev–Trinajstić information content (AvgIpc) is 2.90. The standard InChI is InChI=1S/C32H46Cl2NO2.BrH/c1-4-6-8-10-12-14-22-37-32-28-20-21-35(24-25-23-26(33)16-18-29(25)34)30(15-13-11-9-7-5-2)27(28)17-19-31(32)36-3;/h16-19,23H,4-15,20-22,24H2,1-3H3;1H/q+1;/p-1. The molecule has 0 spiro atoms. The molecule has 6 heteroatoms. The third kappa shape index (κ3) is 9.75. The highest BCUT2D eigenvalue weighted by molar-refractivity contribution is 6.33. The van der Waals surface area contributed by atoms with Crippen LogP contribution in [-0.2, 0) is 13.0 Å². The zero-order chi connectivity index (χ0) is 26.5. The Hall–Kier alpha value is -1.23. The molecule has 2 aromatic carbocycles. The number of benzene rings is 2. The fourth-order valence-corrected chi connectivity index (χ4v) is 5.66. The van der Waals surface area contributed by atoms with Crippen molar-refractivity contribution < 1.29 is 31.0 Å². The fourth-order valence-electron chi connectivity index (χ4n) is 5.29. The van der Waals surface area contributed by atoms with E-state index in [1.54, 1.807) is 7.11 Å². The first-order valence-corrected chi connectivity index (χ1v) is 15.2. The zero-order valence-corrected chi connectivity index (χ0v) is 26.7. The highest BCUT2D eigenvalue weighted by Gasteiger charge is 2.30. The molecule has 3 nitrogen and oxygen atoms in total. The molecule has 0 N–H and O–H groups in total. The number of hydrogen-bond acceptors (Lipinski definition) is 2. The van der Waals surface area contributed by atoms with Gasteiger partial charge in [0.05, 0.1) is 18.7 Å². The van der Waals surface area contributed by atoms with Gasteiger partial charge in [-0.05, 0) is 43.2 Å². The van der Waals surface area contributed by atoms with Crippen LogP contribution in [0.15, 0.2) is 30.3 Å². The normalized spacial score (nSPS) is 12.8. The van der Waals surface area contributed by atoms with Gasteiger partial charge in [0.25, 0.3) is 0 Å². The van der Waals surface area contributed by atoms with Crippen molar-refractivity contribution in [2.45, 2.75) is 104 Å². The predicted molar refractivity (Wildman–Crippen MR) is 158 cm³/mol. The lowest BCUT2D eigenvalue weighted by atomic mass is 9.92. The highest BCUT2D eigenvalue weighted by Crippen LogP contribution is 2.37. The maximum absolute atomic E-state index is 6.57. The minimum atomic E-state index is 0. The largest absolute Gasteiger partial charge is 1.00 e. The van der Waals surface area contributed by atoms with Crippen LogP contribution in [0.5, 0.6) is 11.5 Å². The van der Waals surface area contributed by atoms with Gasteiger partial charge in [0.15, 0.2) is 23.8 Å². The summed E-state index contributed by atoms with van der Waals surface area (Å²) < 4.78 is 14.7. The van der Waals surface area contributed by atoms with Gasteiger partial charge < -0.3 is 26.5 Å². The topological polar surface area (TPSA) is 21.5 Å². The lowest BCUT2D eigenvalue weighted by Crippen LogP contribution is -3.00. The van der Waals surface area contributed by atoms with Crippen LogP contribution >= 0.6 is 23.2 Å². The summed E-state index contributed by atoms with van der Waals surface area (Å²) in [5.74, 6) is 1.79. The summed E-state index contributed by atoms with van der Waals surface area (Å²) in [6.45, 7) is 6.97. The Balaban J connectivity index is 0.00000507. The molecule has 0 saturated heterocycles. The second-order valence-electron chi connectivity index (χ2n) is 10.3. The molecule has 0 amide bonds. The van der Waals surface area contributed by atoms with Crippen molar-refractivity contribution in [1.82, 2.24) is 0 Å². The fraction of sp³-hybridized carbons (Fsp3) is 0.594. The number of hydrogen-bond donors (Lipinski definition) is 0. The molecule has 0 aromatic heterocycles. The van der Waals surface area contributed by atoms with Crippen molar-refractivity contribution in [3.8, 4) is 11.5 Å². The number of ether oxygens (including phenoxy) is 2. The van der Waals surface area contributed by atoms with E-state index in [1.807, 2.05) is 18.2 Å². The molecule has 1 aliphatic heterocycles. The van der Waals surface area contributed by atoms with Crippen LogP contribution in [0.25, 0.3) is 0 Å². The van der Waals surface area contributed by atoms with E-state index >= 15 is 0 Å². The number of fused-ring (bicyclic) bond motifs is 1. The Morgan fingerprint density at radius 1 is 0.842 bits per heavy atom. The first-order chi connectivity index (χ1) is 18.1. The lowest BCUT2D eigenvalue weighted by molar-refractivity contribution is -0.545. The van der Waals surface area contributed by atoms with Crippen LogP contribution in [0, 0.1) is 0 Å². The number of halogens is 3. The number of methoxy groups -OCH3 is 1. The summed E-state index contributed by atoms with van der Waals surface area (Å²) >= 11 is 12.9.